The summed E-state index contributed by atoms with van der Waals surface area (Å²) in [6.07, 6.45) is -0.876. The third-order valence-electron chi connectivity index (χ3n) is 4.64. The van der Waals surface area contributed by atoms with Gasteiger partial charge in [-0.25, -0.2) is 14.2 Å². The van der Waals surface area contributed by atoms with E-state index in [0.29, 0.717) is 25.5 Å². The lowest BCUT2D eigenvalue weighted by Crippen LogP contribution is -2.57. The van der Waals surface area contributed by atoms with Crippen LogP contribution >= 0.6 is 0 Å². The van der Waals surface area contributed by atoms with E-state index in [1.54, 1.807) is 4.90 Å². The molecule has 0 atom stereocenters. The Morgan fingerprint density at radius 1 is 1.20 bits per heavy atom. The summed E-state index contributed by atoms with van der Waals surface area (Å²) in [5, 5.41) is 10.2. The van der Waals surface area contributed by atoms with Crippen LogP contribution in [0.3, 0.4) is 0 Å². The number of benzene rings is 1. The van der Waals surface area contributed by atoms with Crippen molar-refractivity contribution in [2.24, 2.45) is 0 Å². The quantitative estimate of drug-likeness (QED) is 0.747. The molecule has 0 saturated heterocycles. The van der Waals surface area contributed by atoms with Gasteiger partial charge in [-0.15, -0.1) is 5.10 Å². The van der Waals surface area contributed by atoms with Gasteiger partial charge in [0.1, 0.15) is 24.3 Å². The van der Waals surface area contributed by atoms with Gasteiger partial charge in [0.25, 0.3) is 5.82 Å². The van der Waals surface area contributed by atoms with Gasteiger partial charge in [0.05, 0.1) is 13.1 Å². The number of hydrogen-bond acceptors (Lipinski definition) is 5. The van der Waals surface area contributed by atoms with Crippen molar-refractivity contribution in [3.63, 3.8) is 0 Å². The van der Waals surface area contributed by atoms with E-state index in [9.17, 15) is 9.59 Å². The predicted octanol–water partition coefficient (Wildman–Crippen LogP) is 2.61. The second-order valence-electron chi connectivity index (χ2n) is 8.86. The monoisotopic (exact) mass is 416 g/mol. The molecule has 0 radical (unpaired) electrons. The fraction of sp³-hybridized carbons (Fsp3) is 0.524. The number of hydrogen-bond donors (Lipinski definition) is 2. The predicted molar refractivity (Wildman–Crippen MR) is 108 cm³/mol. The van der Waals surface area contributed by atoms with Gasteiger partial charge in [0.15, 0.2) is 0 Å². The van der Waals surface area contributed by atoms with Gasteiger partial charge in [0, 0.05) is 5.10 Å². The average Bonchev–Trinajstić information content (AvgIpc) is 3.09. The Labute approximate surface area is 176 Å². The van der Waals surface area contributed by atoms with E-state index in [1.807, 2.05) is 69.5 Å². The number of nitrogens with one attached hydrogen (secondary N) is 2. The number of amides is 2. The first-order chi connectivity index (χ1) is 14.0. The lowest BCUT2D eigenvalue weighted by atomic mass is 10.0. The van der Waals surface area contributed by atoms with Crippen LogP contribution in [0.5, 0.6) is 0 Å². The number of carbonyl (C=O) groups is 2. The normalized spacial score (nSPS) is 14.1. The molecular formula is C21H30N5O4+. The van der Waals surface area contributed by atoms with Crippen molar-refractivity contribution in [3.05, 3.63) is 47.5 Å². The first kappa shape index (κ1) is 21.6. The van der Waals surface area contributed by atoms with Gasteiger partial charge in [0.2, 0.25) is 0 Å². The molecule has 0 unspecified atom stereocenters. The van der Waals surface area contributed by atoms with Crippen LogP contribution in [0.15, 0.2) is 30.3 Å². The molecule has 2 heterocycles. The second-order valence-corrected chi connectivity index (χ2v) is 8.86. The molecule has 0 saturated carbocycles. The highest BCUT2D eigenvalue weighted by molar-refractivity contribution is 5.69. The minimum absolute atomic E-state index is 0.233. The summed E-state index contributed by atoms with van der Waals surface area (Å²) in [5.41, 5.74) is -0.400. The van der Waals surface area contributed by atoms with Gasteiger partial charge >= 0.3 is 18.0 Å². The molecule has 2 aromatic rings. The highest BCUT2D eigenvalue weighted by Gasteiger charge is 2.39. The van der Waals surface area contributed by atoms with Gasteiger partial charge in [-0.2, -0.15) is 0 Å². The zero-order valence-electron chi connectivity index (χ0n) is 18.2. The molecule has 1 aliphatic rings. The van der Waals surface area contributed by atoms with Gasteiger partial charge in [-0.3, -0.25) is 4.90 Å². The van der Waals surface area contributed by atoms with Gasteiger partial charge in [-0.05, 0) is 40.2 Å². The van der Waals surface area contributed by atoms with Crippen molar-refractivity contribution in [2.75, 3.05) is 6.54 Å². The summed E-state index contributed by atoms with van der Waals surface area (Å²) < 4.78 is 12.8. The van der Waals surface area contributed by atoms with E-state index in [4.69, 9.17) is 9.47 Å². The van der Waals surface area contributed by atoms with E-state index in [1.165, 1.54) is 0 Å². The summed E-state index contributed by atoms with van der Waals surface area (Å²) in [4.78, 5) is 26.3. The lowest BCUT2D eigenvalue weighted by molar-refractivity contribution is -0.721. The van der Waals surface area contributed by atoms with E-state index in [-0.39, 0.29) is 12.7 Å². The summed E-state index contributed by atoms with van der Waals surface area (Å²) >= 11 is 0. The molecule has 1 aromatic carbocycles. The SMILES string of the molecule is CC(C)(C)OC(=O)NC(C)(C)c1n[nH]c2[n+]1CCN(C(=O)OCc1ccccc1)C2. The van der Waals surface area contributed by atoms with Crippen LogP contribution in [0.1, 0.15) is 51.8 Å². The first-order valence-electron chi connectivity index (χ1n) is 9.99. The Hall–Kier alpha value is -3.10. The van der Waals surface area contributed by atoms with E-state index >= 15 is 0 Å². The number of aromatic nitrogens is 3. The molecule has 1 aromatic heterocycles. The van der Waals surface area contributed by atoms with Crippen LogP contribution in [0.25, 0.3) is 0 Å². The van der Waals surface area contributed by atoms with Crippen molar-refractivity contribution < 1.29 is 23.6 Å². The first-order valence-corrected chi connectivity index (χ1v) is 9.99. The number of aromatic amines is 1. The van der Waals surface area contributed by atoms with Crippen molar-refractivity contribution in [2.45, 2.75) is 65.5 Å². The zero-order chi connectivity index (χ0) is 21.9. The minimum atomic E-state index is -0.757. The fourth-order valence-electron chi connectivity index (χ4n) is 3.27. The maximum atomic E-state index is 12.4. The molecule has 2 amide bonds. The zero-order valence-corrected chi connectivity index (χ0v) is 18.2. The van der Waals surface area contributed by atoms with E-state index in [0.717, 1.165) is 11.4 Å². The fourth-order valence-corrected chi connectivity index (χ4v) is 3.27. The minimum Gasteiger partial charge on any atom is -0.445 e. The maximum absolute atomic E-state index is 12.4. The second kappa shape index (κ2) is 8.33. The van der Waals surface area contributed by atoms with Crippen LogP contribution in [0.4, 0.5) is 9.59 Å². The third kappa shape index (κ3) is 5.28. The molecule has 3 rings (SSSR count). The number of fused-ring (bicyclic) bond motifs is 1. The van der Waals surface area contributed by atoms with Crippen LogP contribution in [0.2, 0.25) is 0 Å². The molecular weight excluding hydrogens is 386 g/mol. The topological polar surface area (TPSA) is 100 Å². The third-order valence-corrected chi connectivity index (χ3v) is 4.64. The van der Waals surface area contributed by atoms with Crippen LogP contribution in [0, 0.1) is 0 Å². The molecule has 0 fully saturated rings. The van der Waals surface area contributed by atoms with Crippen molar-refractivity contribution >= 4 is 12.2 Å². The van der Waals surface area contributed by atoms with Crippen LogP contribution < -0.4 is 9.88 Å². The molecule has 2 N–H and O–H groups in total. The Bertz CT molecular complexity index is 902. The highest BCUT2D eigenvalue weighted by atomic mass is 16.6. The molecule has 30 heavy (non-hydrogen) atoms. The average molecular weight is 417 g/mol. The van der Waals surface area contributed by atoms with Crippen LogP contribution in [-0.4, -0.2) is 39.4 Å². The van der Waals surface area contributed by atoms with Crippen molar-refractivity contribution in [1.82, 2.24) is 20.4 Å². The van der Waals surface area contributed by atoms with Crippen molar-refractivity contribution in [1.29, 1.82) is 0 Å². The number of carbonyl (C=O) groups excluding carboxylic acids is 2. The standard InChI is InChI=1S/C21H29N5O4/c1-20(2,3)30-18(27)22-21(4,5)17-24-23-16-13-25(11-12-26(16)17)19(28)29-14-15-9-7-6-8-10-15/h6-10H,11-14H2,1-5H3,(H,22,27)/p+1. The molecule has 162 valence electrons. The summed E-state index contributed by atoms with van der Waals surface area (Å²) in [7, 11) is 0. The highest BCUT2D eigenvalue weighted by Crippen LogP contribution is 2.18. The van der Waals surface area contributed by atoms with Crippen LogP contribution in [-0.2, 0) is 34.7 Å². The molecule has 1 aliphatic heterocycles. The summed E-state index contributed by atoms with van der Waals surface area (Å²) in [5.74, 6) is 1.44. The molecule has 0 aliphatic carbocycles. The van der Waals surface area contributed by atoms with Crippen molar-refractivity contribution in [3.8, 4) is 0 Å². The van der Waals surface area contributed by atoms with E-state index < -0.39 is 17.2 Å². The smallest absolute Gasteiger partial charge is 0.410 e. The number of nitrogens with zero attached hydrogens (tertiary/aromatic N) is 3. The lowest BCUT2D eigenvalue weighted by Gasteiger charge is -2.28. The number of H-pyrrole nitrogens is 1. The maximum Gasteiger partial charge on any atom is 0.410 e. The molecule has 0 bridgehead atoms. The Morgan fingerprint density at radius 2 is 1.90 bits per heavy atom. The van der Waals surface area contributed by atoms with E-state index in [2.05, 4.69) is 15.5 Å². The van der Waals surface area contributed by atoms with Gasteiger partial charge < -0.3 is 14.8 Å². The molecule has 9 heteroatoms. The number of alkyl carbamates (subject to hydrolysis) is 1. The summed E-state index contributed by atoms with van der Waals surface area (Å²) in [6, 6.07) is 9.57. The Balaban J connectivity index is 1.63. The Kier molecular flexibility index (Phi) is 6.00. The number of ether oxygens (including phenoxy) is 2. The Morgan fingerprint density at radius 3 is 2.57 bits per heavy atom. The largest absolute Gasteiger partial charge is 0.445 e. The molecule has 0 spiro atoms. The number of rotatable bonds is 4. The van der Waals surface area contributed by atoms with Gasteiger partial charge in [-0.1, -0.05) is 30.3 Å². The molecule has 9 nitrogen and oxygen atoms in total. The summed E-state index contributed by atoms with van der Waals surface area (Å²) in [6.45, 7) is 10.8.